The maximum atomic E-state index is 11.6. The van der Waals surface area contributed by atoms with Crippen molar-refractivity contribution in [3.8, 4) is 0 Å². The van der Waals surface area contributed by atoms with Crippen LogP contribution in [0.5, 0.6) is 0 Å². The third kappa shape index (κ3) is 6.32. The number of rotatable bonds is 12. The first-order valence-corrected chi connectivity index (χ1v) is 10.1. The number of amides is 1. The molecule has 0 spiro atoms. The van der Waals surface area contributed by atoms with Gasteiger partial charge in [-0.2, -0.15) is 0 Å². The van der Waals surface area contributed by atoms with E-state index in [2.05, 4.69) is 35.0 Å². The van der Waals surface area contributed by atoms with E-state index in [0.29, 0.717) is 6.54 Å². The van der Waals surface area contributed by atoms with Crippen LogP contribution in [-0.2, 0) is 17.8 Å². The minimum Gasteiger partial charge on any atom is -0.352 e. The second-order valence-corrected chi connectivity index (χ2v) is 6.83. The van der Waals surface area contributed by atoms with Crippen molar-refractivity contribution < 1.29 is 4.79 Å². The lowest BCUT2D eigenvalue weighted by molar-refractivity contribution is -0.116. The SMILES string of the molecule is C/C=C/C(=O)NCCc1nc2ccccc2n1CCCCCCCCC. The molecule has 0 bridgehead atoms. The minimum absolute atomic E-state index is 0.0396. The highest BCUT2D eigenvalue weighted by atomic mass is 16.1. The molecule has 0 unspecified atom stereocenters. The van der Waals surface area contributed by atoms with E-state index in [4.69, 9.17) is 4.98 Å². The fourth-order valence-electron chi connectivity index (χ4n) is 3.30. The zero-order valence-electron chi connectivity index (χ0n) is 16.3. The number of carbonyl (C=O) groups excluding carboxylic acids is 1. The van der Waals surface area contributed by atoms with Crippen molar-refractivity contribution in [2.24, 2.45) is 0 Å². The maximum Gasteiger partial charge on any atom is 0.243 e. The molecule has 0 fully saturated rings. The molecule has 1 amide bonds. The summed E-state index contributed by atoms with van der Waals surface area (Å²) in [6.07, 6.45) is 13.2. The quantitative estimate of drug-likeness (QED) is 0.429. The second-order valence-electron chi connectivity index (χ2n) is 6.83. The number of hydrogen-bond donors (Lipinski definition) is 1. The van der Waals surface area contributed by atoms with Crippen LogP contribution in [0.1, 0.15) is 64.6 Å². The smallest absolute Gasteiger partial charge is 0.243 e. The number of benzene rings is 1. The van der Waals surface area contributed by atoms with Crippen LogP contribution in [-0.4, -0.2) is 22.0 Å². The van der Waals surface area contributed by atoms with E-state index in [1.165, 1.54) is 50.5 Å². The summed E-state index contributed by atoms with van der Waals surface area (Å²) in [7, 11) is 0. The molecule has 1 aromatic carbocycles. The van der Waals surface area contributed by atoms with Gasteiger partial charge in [0, 0.05) is 19.5 Å². The molecular formula is C22H33N3O. The van der Waals surface area contributed by atoms with Crippen molar-refractivity contribution in [2.75, 3.05) is 6.54 Å². The third-order valence-corrected chi connectivity index (χ3v) is 4.68. The molecule has 4 nitrogen and oxygen atoms in total. The number of imidazole rings is 1. The molecule has 0 saturated carbocycles. The number of aryl methyl sites for hydroxylation is 1. The van der Waals surface area contributed by atoms with Gasteiger partial charge in [0.05, 0.1) is 11.0 Å². The van der Waals surface area contributed by atoms with Gasteiger partial charge in [-0.3, -0.25) is 4.79 Å². The highest BCUT2D eigenvalue weighted by molar-refractivity contribution is 5.87. The van der Waals surface area contributed by atoms with Crippen LogP contribution in [0.25, 0.3) is 11.0 Å². The molecule has 4 heteroatoms. The molecule has 1 aromatic heterocycles. The number of nitrogens with zero attached hydrogens (tertiary/aromatic N) is 2. The largest absolute Gasteiger partial charge is 0.352 e. The van der Waals surface area contributed by atoms with Crippen molar-refractivity contribution in [2.45, 2.75) is 71.8 Å². The molecule has 0 radical (unpaired) electrons. The van der Waals surface area contributed by atoms with Crippen LogP contribution in [0, 0.1) is 0 Å². The maximum absolute atomic E-state index is 11.6. The average Bonchev–Trinajstić information content (AvgIpc) is 2.99. The Hall–Kier alpha value is -2.10. The summed E-state index contributed by atoms with van der Waals surface area (Å²) in [6, 6.07) is 8.32. The normalized spacial score (nSPS) is 11.5. The Labute approximate surface area is 157 Å². The van der Waals surface area contributed by atoms with Gasteiger partial charge in [-0.15, -0.1) is 0 Å². The molecule has 0 aliphatic rings. The van der Waals surface area contributed by atoms with E-state index in [1.807, 2.05) is 13.0 Å². The van der Waals surface area contributed by atoms with Gasteiger partial charge in [-0.05, 0) is 31.6 Å². The molecule has 1 heterocycles. The Morgan fingerprint density at radius 1 is 1.12 bits per heavy atom. The topological polar surface area (TPSA) is 46.9 Å². The lowest BCUT2D eigenvalue weighted by atomic mass is 10.1. The number of carbonyl (C=O) groups is 1. The number of hydrogen-bond acceptors (Lipinski definition) is 2. The first kappa shape index (κ1) is 20.2. The van der Waals surface area contributed by atoms with Gasteiger partial charge in [0.1, 0.15) is 5.82 Å². The molecule has 0 aliphatic heterocycles. The summed E-state index contributed by atoms with van der Waals surface area (Å²) in [5, 5.41) is 2.92. The summed E-state index contributed by atoms with van der Waals surface area (Å²) >= 11 is 0. The van der Waals surface area contributed by atoms with Crippen LogP contribution in [0.15, 0.2) is 36.4 Å². The lowest BCUT2D eigenvalue weighted by Gasteiger charge is -2.10. The summed E-state index contributed by atoms with van der Waals surface area (Å²) < 4.78 is 2.34. The van der Waals surface area contributed by atoms with E-state index in [-0.39, 0.29) is 5.91 Å². The molecule has 2 aromatic rings. The summed E-state index contributed by atoms with van der Waals surface area (Å²) in [5.74, 6) is 1.03. The zero-order valence-corrected chi connectivity index (χ0v) is 16.3. The van der Waals surface area contributed by atoms with Crippen LogP contribution < -0.4 is 5.32 Å². The molecule has 0 aliphatic carbocycles. The monoisotopic (exact) mass is 355 g/mol. The van der Waals surface area contributed by atoms with Crippen molar-refractivity contribution in [1.29, 1.82) is 0 Å². The molecule has 0 saturated heterocycles. The van der Waals surface area contributed by atoms with Gasteiger partial charge in [0.25, 0.3) is 0 Å². The first-order chi connectivity index (χ1) is 12.8. The molecule has 1 N–H and O–H groups in total. The molecule has 2 rings (SSSR count). The van der Waals surface area contributed by atoms with Gasteiger partial charge in [0.2, 0.25) is 5.91 Å². The molecule has 0 atom stereocenters. The number of unbranched alkanes of at least 4 members (excludes halogenated alkanes) is 6. The van der Waals surface area contributed by atoms with Crippen LogP contribution in [0.4, 0.5) is 0 Å². The van der Waals surface area contributed by atoms with Gasteiger partial charge in [-0.25, -0.2) is 4.98 Å². The summed E-state index contributed by atoms with van der Waals surface area (Å²) in [5.41, 5.74) is 2.25. The Morgan fingerprint density at radius 3 is 2.62 bits per heavy atom. The molecule has 26 heavy (non-hydrogen) atoms. The van der Waals surface area contributed by atoms with Gasteiger partial charge in [0.15, 0.2) is 0 Å². The lowest BCUT2D eigenvalue weighted by Crippen LogP contribution is -2.24. The third-order valence-electron chi connectivity index (χ3n) is 4.68. The Kier molecular flexibility index (Phi) is 8.94. The van der Waals surface area contributed by atoms with Crippen molar-refractivity contribution in [1.82, 2.24) is 14.9 Å². The number of para-hydroxylation sites is 2. The van der Waals surface area contributed by atoms with E-state index in [0.717, 1.165) is 24.3 Å². The first-order valence-electron chi connectivity index (χ1n) is 10.1. The number of aromatic nitrogens is 2. The minimum atomic E-state index is -0.0396. The zero-order chi connectivity index (χ0) is 18.6. The summed E-state index contributed by atoms with van der Waals surface area (Å²) in [4.78, 5) is 16.4. The number of fused-ring (bicyclic) bond motifs is 1. The number of nitrogens with one attached hydrogen (secondary N) is 1. The van der Waals surface area contributed by atoms with Crippen molar-refractivity contribution in [3.63, 3.8) is 0 Å². The predicted octanol–water partition coefficient (Wildman–Crippen LogP) is 5.02. The van der Waals surface area contributed by atoms with E-state index >= 15 is 0 Å². The van der Waals surface area contributed by atoms with Crippen LogP contribution in [0.3, 0.4) is 0 Å². The van der Waals surface area contributed by atoms with Gasteiger partial charge >= 0.3 is 0 Å². The summed E-state index contributed by atoms with van der Waals surface area (Å²) in [6.45, 7) is 5.73. The highest BCUT2D eigenvalue weighted by Crippen LogP contribution is 2.18. The number of allylic oxidation sites excluding steroid dienone is 1. The predicted molar refractivity (Wildman–Crippen MR) is 109 cm³/mol. The van der Waals surface area contributed by atoms with Crippen molar-refractivity contribution in [3.05, 3.63) is 42.2 Å². The highest BCUT2D eigenvalue weighted by Gasteiger charge is 2.10. The molecular weight excluding hydrogens is 322 g/mol. The Bertz CT molecular complexity index is 702. The van der Waals surface area contributed by atoms with Gasteiger partial charge in [-0.1, -0.05) is 63.7 Å². The van der Waals surface area contributed by atoms with E-state index in [9.17, 15) is 4.79 Å². The fraction of sp³-hybridized carbons (Fsp3) is 0.545. The fourth-order valence-corrected chi connectivity index (χ4v) is 3.30. The Balaban J connectivity index is 1.91. The average molecular weight is 356 g/mol. The van der Waals surface area contributed by atoms with E-state index in [1.54, 1.807) is 12.2 Å². The van der Waals surface area contributed by atoms with Crippen molar-refractivity contribution >= 4 is 16.9 Å². The van der Waals surface area contributed by atoms with Gasteiger partial charge < -0.3 is 9.88 Å². The van der Waals surface area contributed by atoms with Crippen LogP contribution in [0.2, 0.25) is 0 Å². The standard InChI is InChI=1S/C22H33N3O/c1-3-5-6-7-8-9-12-18-25-20-15-11-10-14-19(20)24-21(25)16-17-23-22(26)13-4-2/h4,10-11,13-15H,3,5-9,12,16-18H2,1-2H3,(H,23,26)/b13-4+. The second kappa shape index (κ2) is 11.5. The van der Waals surface area contributed by atoms with E-state index < -0.39 is 0 Å². The van der Waals surface area contributed by atoms with Crippen LogP contribution >= 0.6 is 0 Å². The Morgan fingerprint density at radius 2 is 1.85 bits per heavy atom. The molecule has 142 valence electrons.